The summed E-state index contributed by atoms with van der Waals surface area (Å²) in [4.78, 5) is 2.39. The molecule has 4 heteroatoms. The summed E-state index contributed by atoms with van der Waals surface area (Å²) in [5, 5.41) is 11.6. The van der Waals surface area contributed by atoms with Crippen molar-refractivity contribution in [1.29, 1.82) is 0 Å². The lowest BCUT2D eigenvalue weighted by Crippen LogP contribution is -2.10. The van der Waals surface area contributed by atoms with Gasteiger partial charge >= 0.3 is 0 Å². The molecule has 0 bridgehead atoms. The summed E-state index contributed by atoms with van der Waals surface area (Å²) in [5.41, 5.74) is 14.4. The number of para-hydroxylation sites is 5. The molecule has 66 heavy (non-hydrogen) atoms. The molecule has 0 fully saturated rings. The minimum absolute atomic E-state index is 0.850. The van der Waals surface area contributed by atoms with Gasteiger partial charge in [0, 0.05) is 77.5 Å². The summed E-state index contributed by atoms with van der Waals surface area (Å²) in [6.07, 6.45) is 0. The summed E-state index contributed by atoms with van der Waals surface area (Å²) in [6.45, 7) is 0. The minimum atomic E-state index is 0.850. The molecule has 0 atom stereocenters. The van der Waals surface area contributed by atoms with Crippen LogP contribution in [0.5, 0.6) is 0 Å². The van der Waals surface area contributed by atoms with Crippen LogP contribution in [0, 0.1) is 0 Å². The molecule has 0 aliphatic rings. The highest BCUT2D eigenvalue weighted by atomic mass is 16.3. The van der Waals surface area contributed by atoms with Crippen LogP contribution in [0.1, 0.15) is 0 Å². The van der Waals surface area contributed by atoms with Gasteiger partial charge in [-0.3, -0.25) is 0 Å². The number of rotatable bonds is 6. The van der Waals surface area contributed by atoms with Crippen molar-refractivity contribution in [3.8, 4) is 27.9 Å². The van der Waals surface area contributed by atoms with E-state index in [-0.39, 0.29) is 0 Å². The lowest BCUT2D eigenvalue weighted by atomic mass is 9.93. The lowest BCUT2D eigenvalue weighted by molar-refractivity contribution is 0.669. The van der Waals surface area contributed by atoms with E-state index in [4.69, 9.17) is 8.83 Å². The van der Waals surface area contributed by atoms with Gasteiger partial charge in [0.25, 0.3) is 0 Å². The zero-order valence-corrected chi connectivity index (χ0v) is 35.7. The lowest BCUT2D eigenvalue weighted by Gasteiger charge is -2.28. The predicted molar refractivity (Wildman–Crippen MR) is 276 cm³/mol. The molecule has 0 unspecified atom stereocenters. The largest absolute Gasteiger partial charge is 0.456 e. The van der Waals surface area contributed by atoms with E-state index in [0.29, 0.717) is 0 Å². The molecule has 0 aliphatic carbocycles. The molecule has 3 heterocycles. The van der Waals surface area contributed by atoms with E-state index in [1.165, 1.54) is 26.9 Å². The van der Waals surface area contributed by atoms with Gasteiger partial charge in [-0.15, -0.1) is 0 Å². The monoisotopic (exact) mass is 842 g/mol. The summed E-state index contributed by atoms with van der Waals surface area (Å²) in [6, 6.07) is 82.6. The van der Waals surface area contributed by atoms with E-state index in [2.05, 4.69) is 228 Å². The minimum Gasteiger partial charge on any atom is -0.456 e. The van der Waals surface area contributed by atoms with E-state index in [0.717, 1.165) is 105 Å². The van der Waals surface area contributed by atoms with E-state index < -0.39 is 0 Å². The molecular weight excluding hydrogens is 805 g/mol. The smallest absolute Gasteiger partial charge is 0.143 e. The van der Waals surface area contributed by atoms with E-state index in [9.17, 15) is 0 Å². The maximum Gasteiger partial charge on any atom is 0.143 e. The Morgan fingerprint density at radius 1 is 0.364 bits per heavy atom. The molecule has 0 amide bonds. The first-order valence-corrected chi connectivity index (χ1v) is 22.5. The van der Waals surface area contributed by atoms with Gasteiger partial charge in [0.05, 0.1) is 16.7 Å². The standard InChI is InChI=1S/C62H38N2O2/c1-3-17-39(18-4-1)58-59-52-30-15-27-48(50-29-16-28-49-47-25-11-13-31-55(47)66-62(49)50)61(52)64(54(59)38-57-60(58)51-26-12-14-32-56(51)65-57)43-35-33-42(34-36-43)63(41-20-5-2-6-21-41)53-37-40-19-7-8-22-44(40)45-23-9-10-24-46(45)53/h1-38H. The number of furan rings is 2. The summed E-state index contributed by atoms with van der Waals surface area (Å²) in [5.74, 6) is 0. The van der Waals surface area contributed by atoms with Gasteiger partial charge in [0.1, 0.15) is 22.3 Å². The SMILES string of the molecule is c1ccc(-c2c3c(cc4c2c2cccc(-c5cccc6c5oc5ccccc56)c2n4-c2ccc(N(c4ccccc4)c4cc5ccccc5c5ccccc45)cc2)oc2ccccc23)cc1. The Labute approximate surface area is 379 Å². The van der Waals surface area contributed by atoms with E-state index in [1.807, 2.05) is 12.1 Å². The Morgan fingerprint density at radius 2 is 0.955 bits per heavy atom. The molecule has 0 aliphatic heterocycles. The Balaban J connectivity index is 1.08. The number of fused-ring (bicyclic) bond motifs is 12. The number of hydrogen-bond donors (Lipinski definition) is 0. The number of anilines is 3. The Kier molecular flexibility index (Phi) is 7.95. The van der Waals surface area contributed by atoms with Crippen LogP contribution in [0.15, 0.2) is 239 Å². The van der Waals surface area contributed by atoms with Crippen molar-refractivity contribution in [3.63, 3.8) is 0 Å². The number of aromatic nitrogens is 1. The van der Waals surface area contributed by atoms with Crippen molar-refractivity contribution in [2.24, 2.45) is 0 Å². The third-order valence-electron chi connectivity index (χ3n) is 13.5. The van der Waals surface area contributed by atoms with Crippen molar-refractivity contribution in [2.45, 2.75) is 0 Å². The first-order chi connectivity index (χ1) is 32.8. The summed E-state index contributed by atoms with van der Waals surface area (Å²) >= 11 is 0. The molecule has 4 nitrogen and oxygen atoms in total. The normalized spacial score (nSPS) is 11.9. The highest BCUT2D eigenvalue weighted by molar-refractivity contribution is 6.28. The van der Waals surface area contributed by atoms with Crippen LogP contribution in [-0.4, -0.2) is 4.57 Å². The molecule has 14 aromatic rings. The maximum absolute atomic E-state index is 6.79. The first-order valence-electron chi connectivity index (χ1n) is 22.5. The Bertz CT molecular complexity index is 4220. The highest BCUT2D eigenvalue weighted by Crippen LogP contribution is 2.49. The van der Waals surface area contributed by atoms with Crippen molar-refractivity contribution < 1.29 is 8.83 Å². The molecule has 3 aromatic heterocycles. The van der Waals surface area contributed by atoms with Crippen LogP contribution in [0.25, 0.3) is 115 Å². The van der Waals surface area contributed by atoms with Crippen molar-refractivity contribution >= 4 is 104 Å². The van der Waals surface area contributed by atoms with Crippen molar-refractivity contribution in [3.05, 3.63) is 231 Å². The van der Waals surface area contributed by atoms with Gasteiger partial charge in [-0.2, -0.15) is 0 Å². The highest BCUT2D eigenvalue weighted by Gasteiger charge is 2.26. The van der Waals surface area contributed by atoms with Gasteiger partial charge in [-0.25, -0.2) is 0 Å². The molecule has 14 rings (SSSR count). The van der Waals surface area contributed by atoms with Crippen LogP contribution < -0.4 is 4.90 Å². The maximum atomic E-state index is 6.79. The van der Waals surface area contributed by atoms with Crippen molar-refractivity contribution in [1.82, 2.24) is 4.57 Å². The van der Waals surface area contributed by atoms with E-state index >= 15 is 0 Å². The second kappa shape index (κ2) is 14.3. The first kappa shape index (κ1) is 36.6. The third-order valence-corrected chi connectivity index (χ3v) is 13.5. The van der Waals surface area contributed by atoms with Crippen LogP contribution in [-0.2, 0) is 0 Å². The summed E-state index contributed by atoms with van der Waals surface area (Å²) < 4.78 is 16.0. The van der Waals surface area contributed by atoms with Crippen molar-refractivity contribution in [2.75, 3.05) is 4.90 Å². The number of hydrogen-bond acceptors (Lipinski definition) is 3. The molecule has 0 N–H and O–H groups in total. The van der Waals surface area contributed by atoms with Gasteiger partial charge in [-0.05, 0) is 76.3 Å². The molecule has 308 valence electrons. The molecular formula is C62H38N2O2. The molecule has 0 saturated carbocycles. The Morgan fingerprint density at radius 3 is 1.74 bits per heavy atom. The second-order valence-electron chi connectivity index (χ2n) is 17.2. The average molecular weight is 843 g/mol. The van der Waals surface area contributed by atoms with Gasteiger partial charge in [-0.1, -0.05) is 170 Å². The zero-order chi connectivity index (χ0) is 43.3. The molecule has 0 spiro atoms. The van der Waals surface area contributed by atoms with E-state index in [1.54, 1.807) is 0 Å². The fraction of sp³-hybridized carbons (Fsp3) is 0. The summed E-state index contributed by atoms with van der Waals surface area (Å²) in [7, 11) is 0. The predicted octanol–water partition coefficient (Wildman–Crippen LogP) is 17.7. The fourth-order valence-electron chi connectivity index (χ4n) is 10.7. The van der Waals surface area contributed by atoms with Gasteiger partial charge in [0.2, 0.25) is 0 Å². The number of benzene rings is 11. The van der Waals surface area contributed by atoms with Gasteiger partial charge < -0.3 is 18.3 Å². The molecule has 11 aromatic carbocycles. The zero-order valence-electron chi connectivity index (χ0n) is 35.7. The second-order valence-corrected chi connectivity index (χ2v) is 17.2. The third kappa shape index (κ3) is 5.39. The van der Waals surface area contributed by atoms with Crippen LogP contribution in [0.2, 0.25) is 0 Å². The topological polar surface area (TPSA) is 34.5 Å². The molecule has 0 saturated heterocycles. The van der Waals surface area contributed by atoms with Crippen LogP contribution >= 0.6 is 0 Å². The average Bonchev–Trinajstić information content (AvgIpc) is 4.06. The van der Waals surface area contributed by atoms with Crippen LogP contribution in [0.3, 0.4) is 0 Å². The van der Waals surface area contributed by atoms with Gasteiger partial charge in [0.15, 0.2) is 0 Å². The fourth-order valence-corrected chi connectivity index (χ4v) is 10.7. The molecule has 0 radical (unpaired) electrons. The Hall–Kier alpha value is -8.86. The van der Waals surface area contributed by atoms with Crippen LogP contribution in [0.4, 0.5) is 17.1 Å². The quantitative estimate of drug-likeness (QED) is 0.156. The number of nitrogens with zero attached hydrogens (tertiary/aromatic N) is 2.